The first-order valence-electron chi connectivity index (χ1n) is 11.9. The van der Waals surface area contributed by atoms with Gasteiger partial charge in [-0.25, -0.2) is 8.42 Å². The molecule has 2 aromatic rings. The first kappa shape index (κ1) is 23.6. The van der Waals surface area contributed by atoms with Gasteiger partial charge in [0.1, 0.15) is 10.6 Å². The van der Waals surface area contributed by atoms with Gasteiger partial charge in [0.25, 0.3) is 15.9 Å². The van der Waals surface area contributed by atoms with Crippen molar-refractivity contribution in [3.05, 3.63) is 53.6 Å². The second-order valence-corrected chi connectivity index (χ2v) is 11.1. The molecular formula is C26H34N2O4S. The third-order valence-corrected chi connectivity index (χ3v) is 8.96. The molecule has 2 aromatic carbocycles. The van der Waals surface area contributed by atoms with Crippen LogP contribution in [0.25, 0.3) is 0 Å². The number of para-hydroxylation sites is 1. The van der Waals surface area contributed by atoms with Gasteiger partial charge in [0.2, 0.25) is 0 Å². The molecule has 6 nitrogen and oxygen atoms in total. The first-order valence-corrected chi connectivity index (χ1v) is 13.3. The average molecular weight is 471 g/mol. The van der Waals surface area contributed by atoms with Crippen LogP contribution >= 0.6 is 0 Å². The molecule has 0 saturated heterocycles. The van der Waals surface area contributed by atoms with Gasteiger partial charge < -0.3 is 9.64 Å². The van der Waals surface area contributed by atoms with E-state index in [1.165, 1.54) is 17.5 Å². The van der Waals surface area contributed by atoms with Crippen LogP contribution in [-0.4, -0.2) is 45.0 Å². The predicted octanol–water partition coefficient (Wildman–Crippen LogP) is 4.88. The number of hydrogen-bond donors (Lipinski definition) is 0. The van der Waals surface area contributed by atoms with E-state index in [1.54, 1.807) is 12.1 Å². The van der Waals surface area contributed by atoms with Crippen molar-refractivity contribution in [3.8, 4) is 5.75 Å². The molecular weight excluding hydrogens is 436 g/mol. The van der Waals surface area contributed by atoms with E-state index in [4.69, 9.17) is 4.74 Å². The molecule has 0 radical (unpaired) electrons. The molecule has 2 atom stereocenters. The molecule has 178 valence electrons. The second kappa shape index (κ2) is 9.37. The van der Waals surface area contributed by atoms with E-state index in [1.807, 2.05) is 29.2 Å². The number of aryl methyl sites for hydroxylation is 1. The molecule has 1 heterocycles. The summed E-state index contributed by atoms with van der Waals surface area (Å²) in [6, 6.07) is 12.7. The first-order chi connectivity index (χ1) is 15.8. The number of sulfonamides is 1. The second-order valence-electron chi connectivity index (χ2n) is 9.24. The number of methoxy groups -OCH3 is 1. The molecule has 0 bridgehead atoms. The van der Waals surface area contributed by atoms with E-state index in [9.17, 15) is 13.2 Å². The van der Waals surface area contributed by atoms with Crippen LogP contribution in [0.4, 0.5) is 5.69 Å². The summed E-state index contributed by atoms with van der Waals surface area (Å²) in [6.45, 7) is 6.78. The summed E-state index contributed by atoms with van der Waals surface area (Å²) < 4.78 is 34.6. The molecule has 0 spiro atoms. The van der Waals surface area contributed by atoms with Gasteiger partial charge in [0, 0.05) is 24.2 Å². The molecule has 0 aromatic heterocycles. The Morgan fingerprint density at radius 1 is 1.18 bits per heavy atom. The zero-order chi connectivity index (χ0) is 23.8. The number of anilines is 1. The van der Waals surface area contributed by atoms with Crippen LogP contribution in [0.3, 0.4) is 0 Å². The van der Waals surface area contributed by atoms with Gasteiger partial charge in [-0.2, -0.15) is 0 Å². The number of hydrogen-bond acceptors (Lipinski definition) is 4. The molecule has 1 aliphatic carbocycles. The van der Waals surface area contributed by atoms with Crippen LogP contribution in [-0.2, 0) is 16.4 Å². The maximum absolute atomic E-state index is 13.8. The van der Waals surface area contributed by atoms with E-state index >= 15 is 0 Å². The molecule has 4 rings (SSSR count). The zero-order valence-corrected chi connectivity index (χ0v) is 20.8. The maximum Gasteiger partial charge on any atom is 0.268 e. The van der Waals surface area contributed by atoms with E-state index < -0.39 is 10.0 Å². The normalized spacial score (nSPS) is 17.8. The molecule has 7 heteroatoms. The summed E-state index contributed by atoms with van der Waals surface area (Å²) in [5.74, 6) is 0.506. The van der Waals surface area contributed by atoms with E-state index in [2.05, 4.69) is 20.8 Å². The van der Waals surface area contributed by atoms with Gasteiger partial charge in [-0.15, -0.1) is 0 Å². The standard InChI is InChI=1S/C26H34N2O4S/c1-5-18(2)19(3)28(22-13-14-22)26(29)21-12-15-24(32-4)25(17-21)33(30,31)27-16-8-10-20-9-6-7-11-23(20)27/h6-7,9,11-12,15,17-19,22H,5,8,10,13-14,16H2,1-4H3. The van der Waals surface area contributed by atoms with Crippen molar-refractivity contribution >= 4 is 21.6 Å². The van der Waals surface area contributed by atoms with Crippen LogP contribution in [0, 0.1) is 5.92 Å². The summed E-state index contributed by atoms with van der Waals surface area (Å²) >= 11 is 0. The zero-order valence-electron chi connectivity index (χ0n) is 20.0. The third-order valence-electron chi connectivity index (χ3n) is 7.13. The molecule has 0 N–H and O–H groups in total. The largest absolute Gasteiger partial charge is 0.495 e. The minimum atomic E-state index is -3.91. The van der Waals surface area contributed by atoms with Crippen LogP contribution in [0.5, 0.6) is 5.75 Å². The van der Waals surface area contributed by atoms with E-state index in [0.717, 1.165) is 37.7 Å². The maximum atomic E-state index is 13.8. The molecule has 2 unspecified atom stereocenters. The molecule has 2 aliphatic rings. The average Bonchev–Trinajstić information content (AvgIpc) is 3.67. The highest BCUT2D eigenvalue weighted by Crippen LogP contribution is 2.37. The van der Waals surface area contributed by atoms with Crippen molar-refractivity contribution in [1.82, 2.24) is 4.90 Å². The Balaban J connectivity index is 1.74. The van der Waals surface area contributed by atoms with Gasteiger partial charge in [0.15, 0.2) is 0 Å². The van der Waals surface area contributed by atoms with Gasteiger partial charge in [-0.05, 0) is 68.4 Å². The molecule has 33 heavy (non-hydrogen) atoms. The molecule has 1 fully saturated rings. The summed E-state index contributed by atoms with van der Waals surface area (Å²) in [7, 11) is -2.45. The van der Waals surface area contributed by atoms with Crippen molar-refractivity contribution in [2.45, 2.75) is 69.9 Å². The number of carbonyl (C=O) groups excluding carboxylic acids is 1. The minimum absolute atomic E-state index is 0.0412. The van der Waals surface area contributed by atoms with Crippen LogP contribution < -0.4 is 9.04 Å². The Morgan fingerprint density at radius 3 is 2.58 bits per heavy atom. The lowest BCUT2D eigenvalue weighted by Gasteiger charge is -2.34. The SMILES string of the molecule is CCC(C)C(C)N(C(=O)c1ccc(OC)c(S(=O)(=O)N2CCCc3ccccc32)c1)C1CC1. The number of benzene rings is 2. The van der Waals surface area contributed by atoms with Gasteiger partial charge in [0.05, 0.1) is 12.8 Å². The number of nitrogens with zero attached hydrogens (tertiary/aromatic N) is 2. The van der Waals surface area contributed by atoms with Gasteiger partial charge in [-0.3, -0.25) is 9.10 Å². The van der Waals surface area contributed by atoms with Crippen molar-refractivity contribution < 1.29 is 17.9 Å². The fourth-order valence-corrected chi connectivity index (χ4v) is 6.40. The fourth-order valence-electron chi connectivity index (χ4n) is 4.68. The monoisotopic (exact) mass is 470 g/mol. The van der Waals surface area contributed by atoms with E-state index in [-0.39, 0.29) is 28.6 Å². The number of fused-ring (bicyclic) bond motifs is 1. The number of carbonyl (C=O) groups is 1. The van der Waals surface area contributed by atoms with Crippen molar-refractivity contribution in [1.29, 1.82) is 0 Å². The number of ether oxygens (including phenoxy) is 1. The number of amides is 1. The molecule has 1 amide bonds. The lowest BCUT2D eigenvalue weighted by Crippen LogP contribution is -2.43. The summed E-state index contributed by atoms with van der Waals surface area (Å²) in [6.07, 6.45) is 4.58. The summed E-state index contributed by atoms with van der Waals surface area (Å²) in [4.78, 5) is 15.6. The Labute approximate surface area is 197 Å². The highest BCUT2D eigenvalue weighted by molar-refractivity contribution is 7.93. The van der Waals surface area contributed by atoms with Crippen LogP contribution in [0.2, 0.25) is 0 Å². The highest BCUT2D eigenvalue weighted by atomic mass is 32.2. The van der Waals surface area contributed by atoms with Gasteiger partial charge >= 0.3 is 0 Å². The Bertz CT molecular complexity index is 1130. The van der Waals surface area contributed by atoms with Gasteiger partial charge in [-0.1, -0.05) is 38.5 Å². The lowest BCUT2D eigenvalue weighted by molar-refractivity contribution is 0.0615. The Morgan fingerprint density at radius 2 is 1.91 bits per heavy atom. The van der Waals surface area contributed by atoms with E-state index in [0.29, 0.717) is 23.7 Å². The van der Waals surface area contributed by atoms with Crippen LogP contribution in [0.1, 0.15) is 62.4 Å². The topological polar surface area (TPSA) is 66.9 Å². The van der Waals surface area contributed by atoms with Crippen LogP contribution in [0.15, 0.2) is 47.4 Å². The van der Waals surface area contributed by atoms with Crippen molar-refractivity contribution in [3.63, 3.8) is 0 Å². The van der Waals surface area contributed by atoms with Crippen molar-refractivity contribution in [2.24, 2.45) is 5.92 Å². The quantitative estimate of drug-likeness (QED) is 0.552. The molecule has 1 aliphatic heterocycles. The highest BCUT2D eigenvalue weighted by Gasteiger charge is 2.38. The third kappa shape index (κ3) is 4.47. The fraction of sp³-hybridized carbons (Fsp3) is 0.500. The smallest absolute Gasteiger partial charge is 0.268 e. The Kier molecular flexibility index (Phi) is 6.71. The number of rotatable bonds is 8. The molecule has 1 saturated carbocycles. The van der Waals surface area contributed by atoms with Crippen molar-refractivity contribution in [2.75, 3.05) is 18.0 Å². The lowest BCUT2D eigenvalue weighted by atomic mass is 9.98. The summed E-state index contributed by atoms with van der Waals surface area (Å²) in [5.41, 5.74) is 2.11. The Hall–Kier alpha value is -2.54. The predicted molar refractivity (Wildman–Crippen MR) is 130 cm³/mol. The minimum Gasteiger partial charge on any atom is -0.495 e. The summed E-state index contributed by atoms with van der Waals surface area (Å²) in [5, 5.41) is 0.